The van der Waals surface area contributed by atoms with E-state index < -0.39 is 16.0 Å². The first-order chi connectivity index (χ1) is 16.6. The molecule has 8 nitrogen and oxygen atoms in total. The molecule has 1 aromatic heterocycles. The molecule has 0 spiro atoms. The Hall–Kier alpha value is -4.05. The van der Waals surface area contributed by atoms with Crippen molar-refractivity contribution in [1.82, 2.24) is 14.8 Å². The van der Waals surface area contributed by atoms with Crippen molar-refractivity contribution < 1.29 is 22.3 Å². The molecule has 10 heteroatoms. The normalized spacial score (nSPS) is 11.3. The average Bonchev–Trinajstić information content (AvgIpc) is 3.23. The standard InChI is InChI=1S/C25H23FN4O4S/c1-16-5-14-23(15-17(16)2)35(32,33)29(4)20-10-12-22(13-11-20)34-25(31)24-27-18(3)30(28-24)21-8-6-19(26)7-9-21/h5-15H,1-4H3. The summed E-state index contributed by atoms with van der Waals surface area (Å²) in [5, 5.41) is 4.15. The number of ether oxygens (including phenoxy) is 1. The van der Waals surface area contributed by atoms with Crippen LogP contribution < -0.4 is 9.04 Å². The summed E-state index contributed by atoms with van der Waals surface area (Å²) in [7, 11) is -2.30. The summed E-state index contributed by atoms with van der Waals surface area (Å²) in [6, 6.07) is 16.6. The lowest BCUT2D eigenvalue weighted by Crippen LogP contribution is -2.26. The van der Waals surface area contributed by atoms with Crippen molar-refractivity contribution in [2.24, 2.45) is 0 Å². The molecule has 0 aliphatic heterocycles. The fourth-order valence-corrected chi connectivity index (χ4v) is 4.63. The fourth-order valence-electron chi connectivity index (χ4n) is 3.35. The van der Waals surface area contributed by atoms with Crippen LogP contribution in [0.15, 0.2) is 71.6 Å². The van der Waals surface area contributed by atoms with Crippen LogP contribution in [0.4, 0.5) is 10.1 Å². The van der Waals surface area contributed by atoms with Gasteiger partial charge in [-0.05, 0) is 92.6 Å². The lowest BCUT2D eigenvalue weighted by Gasteiger charge is -2.20. The van der Waals surface area contributed by atoms with Crippen molar-refractivity contribution >= 4 is 21.7 Å². The Balaban J connectivity index is 1.49. The summed E-state index contributed by atoms with van der Waals surface area (Å²) in [5.74, 6) is -0.700. The first kappa shape index (κ1) is 24.1. The maximum atomic E-state index is 13.2. The molecule has 0 atom stereocenters. The molecular weight excluding hydrogens is 471 g/mol. The van der Waals surface area contributed by atoms with Crippen molar-refractivity contribution in [2.75, 3.05) is 11.4 Å². The highest BCUT2D eigenvalue weighted by Gasteiger charge is 2.22. The van der Waals surface area contributed by atoms with Crippen LogP contribution in [-0.4, -0.2) is 36.2 Å². The van der Waals surface area contributed by atoms with E-state index in [1.54, 1.807) is 25.1 Å². The van der Waals surface area contributed by atoms with Crippen LogP contribution >= 0.6 is 0 Å². The highest BCUT2D eigenvalue weighted by atomic mass is 32.2. The number of halogens is 1. The second-order valence-corrected chi connectivity index (χ2v) is 9.94. The van der Waals surface area contributed by atoms with E-state index in [0.29, 0.717) is 17.2 Å². The molecule has 0 N–H and O–H groups in total. The van der Waals surface area contributed by atoms with Crippen LogP contribution in [0, 0.1) is 26.6 Å². The van der Waals surface area contributed by atoms with Gasteiger partial charge in [0, 0.05) is 7.05 Å². The van der Waals surface area contributed by atoms with Gasteiger partial charge in [0.15, 0.2) is 0 Å². The van der Waals surface area contributed by atoms with Gasteiger partial charge >= 0.3 is 5.97 Å². The van der Waals surface area contributed by atoms with E-state index in [0.717, 1.165) is 15.4 Å². The Morgan fingerprint density at radius 2 is 1.60 bits per heavy atom. The third-order valence-electron chi connectivity index (χ3n) is 5.57. The molecule has 0 aliphatic rings. The van der Waals surface area contributed by atoms with E-state index in [9.17, 15) is 17.6 Å². The number of sulfonamides is 1. The van der Waals surface area contributed by atoms with Crippen molar-refractivity contribution in [3.63, 3.8) is 0 Å². The number of carbonyl (C=O) groups excluding carboxylic acids is 1. The third-order valence-corrected chi connectivity index (χ3v) is 7.35. The molecule has 1 heterocycles. The van der Waals surface area contributed by atoms with E-state index in [1.165, 1.54) is 60.3 Å². The molecule has 0 aliphatic carbocycles. The summed E-state index contributed by atoms with van der Waals surface area (Å²) in [4.78, 5) is 16.9. The first-order valence-corrected chi connectivity index (χ1v) is 12.1. The molecular formula is C25H23FN4O4S. The maximum Gasteiger partial charge on any atom is 0.383 e. The van der Waals surface area contributed by atoms with Crippen molar-refractivity contribution in [1.29, 1.82) is 0 Å². The van der Waals surface area contributed by atoms with Crippen molar-refractivity contribution in [3.05, 3.63) is 95.3 Å². The van der Waals surface area contributed by atoms with Gasteiger partial charge in [-0.3, -0.25) is 4.31 Å². The number of benzene rings is 3. The van der Waals surface area contributed by atoms with Gasteiger partial charge in [0.25, 0.3) is 15.8 Å². The molecule has 0 bridgehead atoms. The summed E-state index contributed by atoms with van der Waals surface area (Å²) >= 11 is 0. The molecule has 0 amide bonds. The van der Waals surface area contributed by atoms with E-state index in [2.05, 4.69) is 10.1 Å². The summed E-state index contributed by atoms with van der Waals surface area (Å²) in [6.07, 6.45) is 0. The van der Waals surface area contributed by atoms with Crippen molar-refractivity contribution in [3.8, 4) is 11.4 Å². The highest BCUT2D eigenvalue weighted by Crippen LogP contribution is 2.26. The monoisotopic (exact) mass is 494 g/mol. The lowest BCUT2D eigenvalue weighted by molar-refractivity contribution is 0.0722. The van der Waals surface area contributed by atoms with E-state index in [4.69, 9.17) is 4.74 Å². The minimum absolute atomic E-state index is 0.162. The molecule has 3 aromatic carbocycles. The zero-order valence-corrected chi connectivity index (χ0v) is 20.4. The first-order valence-electron chi connectivity index (χ1n) is 10.6. The minimum Gasteiger partial charge on any atom is -0.421 e. The van der Waals surface area contributed by atoms with Crippen LogP contribution in [-0.2, 0) is 10.0 Å². The molecule has 4 rings (SSSR count). The highest BCUT2D eigenvalue weighted by molar-refractivity contribution is 7.92. The van der Waals surface area contributed by atoms with Crippen LogP contribution in [0.5, 0.6) is 5.75 Å². The van der Waals surface area contributed by atoms with Gasteiger partial charge in [0.2, 0.25) is 0 Å². The van der Waals surface area contributed by atoms with Gasteiger partial charge in [-0.25, -0.2) is 27.3 Å². The predicted octanol–water partition coefficient (Wildman–Crippen LogP) is 4.38. The van der Waals surface area contributed by atoms with Gasteiger partial charge in [0.1, 0.15) is 17.4 Å². The third kappa shape index (κ3) is 4.92. The minimum atomic E-state index is -3.76. The molecule has 0 saturated heterocycles. The summed E-state index contributed by atoms with van der Waals surface area (Å²) in [6.45, 7) is 5.43. The van der Waals surface area contributed by atoms with Gasteiger partial charge < -0.3 is 4.74 Å². The largest absolute Gasteiger partial charge is 0.421 e. The van der Waals surface area contributed by atoms with Gasteiger partial charge in [0.05, 0.1) is 16.3 Å². The Bertz CT molecular complexity index is 1500. The second kappa shape index (κ2) is 9.30. The molecule has 0 unspecified atom stereocenters. The zero-order valence-electron chi connectivity index (χ0n) is 19.6. The zero-order chi connectivity index (χ0) is 25.3. The average molecular weight is 495 g/mol. The van der Waals surface area contributed by atoms with Gasteiger partial charge in [-0.2, -0.15) is 0 Å². The van der Waals surface area contributed by atoms with E-state index in [1.807, 2.05) is 13.8 Å². The summed E-state index contributed by atoms with van der Waals surface area (Å²) in [5.41, 5.74) is 2.84. The Morgan fingerprint density at radius 1 is 0.943 bits per heavy atom. The number of hydrogen-bond acceptors (Lipinski definition) is 6. The number of esters is 1. The van der Waals surface area contributed by atoms with Crippen LogP contribution in [0.1, 0.15) is 27.6 Å². The number of aryl methyl sites for hydroxylation is 3. The maximum absolute atomic E-state index is 13.2. The second-order valence-electron chi connectivity index (χ2n) is 7.97. The number of carbonyl (C=O) groups is 1. The number of anilines is 1. The van der Waals surface area contributed by atoms with Gasteiger partial charge in [-0.1, -0.05) is 6.07 Å². The molecule has 0 fully saturated rings. The van der Waals surface area contributed by atoms with Crippen LogP contribution in [0.25, 0.3) is 5.69 Å². The number of nitrogens with zero attached hydrogens (tertiary/aromatic N) is 4. The molecule has 0 radical (unpaired) electrons. The quantitative estimate of drug-likeness (QED) is 0.292. The number of hydrogen-bond donors (Lipinski definition) is 0. The molecule has 4 aromatic rings. The molecule has 35 heavy (non-hydrogen) atoms. The van der Waals surface area contributed by atoms with Crippen LogP contribution in [0.2, 0.25) is 0 Å². The Kier molecular flexibility index (Phi) is 6.40. The van der Waals surface area contributed by atoms with Gasteiger partial charge in [-0.15, -0.1) is 5.10 Å². The predicted molar refractivity (Wildman–Crippen MR) is 129 cm³/mol. The number of aromatic nitrogens is 3. The SMILES string of the molecule is Cc1ccc(S(=O)(=O)N(C)c2ccc(OC(=O)c3nc(C)n(-c4ccc(F)cc4)n3)cc2)cc1C. The smallest absolute Gasteiger partial charge is 0.383 e. The lowest BCUT2D eigenvalue weighted by atomic mass is 10.1. The molecule has 0 saturated carbocycles. The van der Waals surface area contributed by atoms with E-state index >= 15 is 0 Å². The number of rotatable bonds is 6. The Morgan fingerprint density at radius 3 is 2.23 bits per heavy atom. The van der Waals surface area contributed by atoms with E-state index in [-0.39, 0.29) is 22.3 Å². The summed E-state index contributed by atoms with van der Waals surface area (Å²) < 4.78 is 47.1. The van der Waals surface area contributed by atoms with Crippen LogP contribution in [0.3, 0.4) is 0 Å². The topological polar surface area (TPSA) is 94.4 Å². The van der Waals surface area contributed by atoms with Crippen molar-refractivity contribution in [2.45, 2.75) is 25.7 Å². The molecule has 180 valence electrons. The Labute approximate surface area is 202 Å². The fraction of sp³-hybridized carbons (Fsp3) is 0.160.